The van der Waals surface area contributed by atoms with E-state index in [0.717, 1.165) is 25.1 Å². The highest BCUT2D eigenvalue weighted by molar-refractivity contribution is 5.41. The summed E-state index contributed by atoms with van der Waals surface area (Å²) in [5, 5.41) is 3.15. The van der Waals surface area contributed by atoms with Crippen molar-refractivity contribution < 1.29 is 4.74 Å². The van der Waals surface area contributed by atoms with E-state index < -0.39 is 0 Å². The Morgan fingerprint density at radius 3 is 2.57 bits per heavy atom. The van der Waals surface area contributed by atoms with Gasteiger partial charge in [0.05, 0.1) is 7.11 Å². The van der Waals surface area contributed by atoms with Crippen molar-refractivity contribution >= 4 is 0 Å². The van der Waals surface area contributed by atoms with Crippen molar-refractivity contribution in [1.29, 1.82) is 0 Å². The zero-order chi connectivity index (χ0) is 10.4. The molecule has 0 atom stereocenters. The molecule has 14 heavy (non-hydrogen) atoms. The lowest BCUT2D eigenvalue weighted by Gasteiger charge is -2.12. The lowest BCUT2D eigenvalue weighted by molar-refractivity contribution is 0.404. The topological polar surface area (TPSA) is 21.3 Å². The molecule has 0 aliphatic heterocycles. The van der Waals surface area contributed by atoms with Crippen LogP contribution in [0.4, 0.5) is 0 Å². The van der Waals surface area contributed by atoms with Crippen molar-refractivity contribution in [2.75, 3.05) is 20.7 Å². The maximum Gasteiger partial charge on any atom is 0.125 e. The fraction of sp³-hybridized carbons (Fsp3) is 0.500. The summed E-state index contributed by atoms with van der Waals surface area (Å²) in [5.74, 6) is 1.06. The molecule has 0 aliphatic carbocycles. The highest BCUT2D eigenvalue weighted by Crippen LogP contribution is 2.24. The fourth-order valence-electron chi connectivity index (χ4n) is 1.64. The average Bonchev–Trinajstić information content (AvgIpc) is 2.25. The summed E-state index contributed by atoms with van der Waals surface area (Å²) in [5.41, 5.74) is 2.59. The van der Waals surface area contributed by atoms with Gasteiger partial charge in [0.25, 0.3) is 0 Å². The van der Waals surface area contributed by atoms with Crippen LogP contribution in [-0.2, 0) is 12.8 Å². The SMILES string of the molecule is CCc1cccc(CCNC)c1OC. The largest absolute Gasteiger partial charge is 0.496 e. The zero-order valence-electron chi connectivity index (χ0n) is 9.26. The molecule has 78 valence electrons. The number of hydrogen-bond donors (Lipinski definition) is 1. The number of aryl methyl sites for hydroxylation is 1. The summed E-state index contributed by atoms with van der Waals surface area (Å²) in [6.45, 7) is 3.14. The van der Waals surface area contributed by atoms with Crippen LogP contribution in [0.5, 0.6) is 5.75 Å². The van der Waals surface area contributed by atoms with Gasteiger partial charge in [0, 0.05) is 0 Å². The molecular weight excluding hydrogens is 174 g/mol. The number of ether oxygens (including phenoxy) is 1. The number of nitrogens with one attached hydrogen (secondary N) is 1. The van der Waals surface area contributed by atoms with E-state index in [1.165, 1.54) is 11.1 Å². The van der Waals surface area contributed by atoms with Crippen LogP contribution in [0, 0.1) is 0 Å². The minimum Gasteiger partial charge on any atom is -0.496 e. The monoisotopic (exact) mass is 193 g/mol. The molecule has 2 heteroatoms. The van der Waals surface area contributed by atoms with Crippen LogP contribution in [0.1, 0.15) is 18.1 Å². The molecule has 1 aromatic rings. The van der Waals surface area contributed by atoms with Crippen LogP contribution in [0.2, 0.25) is 0 Å². The molecule has 0 fully saturated rings. The van der Waals surface area contributed by atoms with Crippen LogP contribution in [0.3, 0.4) is 0 Å². The number of rotatable bonds is 5. The van der Waals surface area contributed by atoms with Crippen molar-refractivity contribution in [3.8, 4) is 5.75 Å². The average molecular weight is 193 g/mol. The molecule has 0 saturated carbocycles. The predicted molar refractivity (Wildman–Crippen MR) is 60.0 cm³/mol. The first-order valence-electron chi connectivity index (χ1n) is 5.12. The van der Waals surface area contributed by atoms with Gasteiger partial charge in [0.15, 0.2) is 0 Å². The first-order chi connectivity index (χ1) is 6.83. The van der Waals surface area contributed by atoms with Crippen molar-refractivity contribution in [3.05, 3.63) is 29.3 Å². The van der Waals surface area contributed by atoms with E-state index in [9.17, 15) is 0 Å². The molecule has 0 amide bonds. The normalized spacial score (nSPS) is 10.2. The Morgan fingerprint density at radius 2 is 2.00 bits per heavy atom. The Balaban J connectivity index is 2.90. The first-order valence-corrected chi connectivity index (χ1v) is 5.12. The quantitative estimate of drug-likeness (QED) is 0.772. The van der Waals surface area contributed by atoms with Crippen LogP contribution >= 0.6 is 0 Å². The highest BCUT2D eigenvalue weighted by Gasteiger charge is 2.06. The van der Waals surface area contributed by atoms with Crippen molar-refractivity contribution in [3.63, 3.8) is 0 Å². The molecule has 0 aromatic heterocycles. The van der Waals surface area contributed by atoms with Gasteiger partial charge in [-0.05, 0) is 37.6 Å². The van der Waals surface area contributed by atoms with E-state index in [0.29, 0.717) is 0 Å². The zero-order valence-corrected chi connectivity index (χ0v) is 9.26. The summed E-state index contributed by atoms with van der Waals surface area (Å²) in [4.78, 5) is 0. The van der Waals surface area contributed by atoms with Gasteiger partial charge in [-0.25, -0.2) is 0 Å². The Bertz CT molecular complexity index is 284. The van der Waals surface area contributed by atoms with Crippen molar-refractivity contribution in [1.82, 2.24) is 5.32 Å². The summed E-state index contributed by atoms with van der Waals surface area (Å²) in [6.07, 6.45) is 2.05. The number of benzene rings is 1. The third-order valence-electron chi connectivity index (χ3n) is 2.41. The van der Waals surface area contributed by atoms with Gasteiger partial charge < -0.3 is 10.1 Å². The van der Waals surface area contributed by atoms with Crippen LogP contribution in [-0.4, -0.2) is 20.7 Å². The molecule has 1 N–H and O–H groups in total. The molecule has 0 spiro atoms. The molecule has 0 unspecified atom stereocenters. The van der Waals surface area contributed by atoms with Crippen molar-refractivity contribution in [2.45, 2.75) is 19.8 Å². The van der Waals surface area contributed by atoms with Gasteiger partial charge in [-0.2, -0.15) is 0 Å². The lowest BCUT2D eigenvalue weighted by Crippen LogP contribution is -2.11. The van der Waals surface area contributed by atoms with E-state index in [4.69, 9.17) is 4.74 Å². The summed E-state index contributed by atoms with van der Waals surface area (Å²) in [6, 6.07) is 6.36. The Morgan fingerprint density at radius 1 is 1.29 bits per heavy atom. The fourth-order valence-corrected chi connectivity index (χ4v) is 1.64. The predicted octanol–water partition coefficient (Wildman–Crippen LogP) is 2.02. The van der Waals surface area contributed by atoms with Gasteiger partial charge in [-0.15, -0.1) is 0 Å². The second kappa shape index (κ2) is 5.66. The van der Waals surface area contributed by atoms with E-state index in [2.05, 4.69) is 30.4 Å². The Kier molecular flexibility index (Phi) is 4.47. The summed E-state index contributed by atoms with van der Waals surface area (Å²) in [7, 11) is 3.72. The second-order valence-electron chi connectivity index (χ2n) is 3.32. The first kappa shape index (κ1) is 11.1. The maximum atomic E-state index is 5.44. The molecule has 0 aliphatic rings. The third-order valence-corrected chi connectivity index (χ3v) is 2.41. The third kappa shape index (κ3) is 2.48. The van der Waals surface area contributed by atoms with Crippen molar-refractivity contribution in [2.24, 2.45) is 0 Å². The number of para-hydroxylation sites is 1. The van der Waals surface area contributed by atoms with Gasteiger partial charge in [-0.3, -0.25) is 0 Å². The molecule has 1 rings (SSSR count). The Labute approximate surface area is 86.3 Å². The second-order valence-corrected chi connectivity index (χ2v) is 3.32. The van der Waals surface area contributed by atoms with E-state index in [1.807, 2.05) is 7.05 Å². The molecule has 0 saturated heterocycles. The number of hydrogen-bond acceptors (Lipinski definition) is 2. The molecule has 0 radical (unpaired) electrons. The molecule has 2 nitrogen and oxygen atoms in total. The van der Waals surface area contributed by atoms with Gasteiger partial charge >= 0.3 is 0 Å². The smallest absolute Gasteiger partial charge is 0.125 e. The highest BCUT2D eigenvalue weighted by atomic mass is 16.5. The van der Waals surface area contributed by atoms with Gasteiger partial charge in [-0.1, -0.05) is 25.1 Å². The maximum absolute atomic E-state index is 5.44. The summed E-state index contributed by atoms with van der Waals surface area (Å²) >= 11 is 0. The van der Waals surface area contributed by atoms with Gasteiger partial charge in [0.1, 0.15) is 5.75 Å². The number of likely N-dealkylation sites (N-methyl/N-ethyl adjacent to an activating group) is 1. The Hall–Kier alpha value is -1.02. The summed E-state index contributed by atoms with van der Waals surface area (Å²) < 4.78 is 5.44. The van der Waals surface area contributed by atoms with Crippen LogP contribution in [0.25, 0.3) is 0 Å². The lowest BCUT2D eigenvalue weighted by atomic mass is 10.0. The minimum atomic E-state index is 0.990. The van der Waals surface area contributed by atoms with E-state index in [1.54, 1.807) is 7.11 Å². The standard InChI is InChI=1S/C12H19NO/c1-4-10-6-5-7-11(8-9-13-2)12(10)14-3/h5-7,13H,4,8-9H2,1-3H3. The van der Waals surface area contributed by atoms with Crippen LogP contribution < -0.4 is 10.1 Å². The van der Waals surface area contributed by atoms with Gasteiger partial charge in [0.2, 0.25) is 0 Å². The minimum absolute atomic E-state index is 0.990. The molecule has 0 heterocycles. The molecule has 1 aromatic carbocycles. The van der Waals surface area contributed by atoms with Crippen LogP contribution in [0.15, 0.2) is 18.2 Å². The van der Waals surface area contributed by atoms with E-state index in [-0.39, 0.29) is 0 Å². The molecular formula is C12H19NO. The van der Waals surface area contributed by atoms with E-state index >= 15 is 0 Å². The molecule has 0 bridgehead atoms. The number of methoxy groups -OCH3 is 1.